The maximum Gasteiger partial charge on any atom is 0.306 e. The molecule has 7 heteroatoms. The number of aromatic nitrogens is 2. The molecule has 1 aliphatic carbocycles. The molecule has 1 aromatic heterocycles. The highest BCUT2D eigenvalue weighted by Gasteiger charge is 2.31. The van der Waals surface area contributed by atoms with E-state index >= 15 is 0 Å². The number of aryl methyl sites for hydroxylation is 1. The summed E-state index contributed by atoms with van der Waals surface area (Å²) in [5.74, 6) is -1.45. The van der Waals surface area contributed by atoms with Crippen LogP contribution in [-0.2, 0) is 4.79 Å². The normalized spacial score (nSPS) is 20.1. The maximum absolute atomic E-state index is 12.4. The van der Waals surface area contributed by atoms with Gasteiger partial charge in [0, 0.05) is 16.8 Å². The first-order valence-electron chi connectivity index (χ1n) is 7.80. The van der Waals surface area contributed by atoms with Crippen LogP contribution in [0, 0.1) is 12.8 Å². The second-order valence-corrected chi connectivity index (χ2v) is 6.52. The monoisotopic (exact) mass is 347 g/mol. The van der Waals surface area contributed by atoms with Crippen LogP contribution in [0.1, 0.15) is 35.4 Å². The van der Waals surface area contributed by atoms with Crippen molar-refractivity contribution in [2.45, 2.75) is 32.2 Å². The van der Waals surface area contributed by atoms with Gasteiger partial charge in [0.15, 0.2) is 5.69 Å². The van der Waals surface area contributed by atoms with Crippen LogP contribution in [0.3, 0.4) is 0 Å². The summed E-state index contributed by atoms with van der Waals surface area (Å²) in [4.78, 5) is 23.4. The molecule has 2 aromatic rings. The molecule has 0 unspecified atom stereocenters. The predicted octanol–water partition coefficient (Wildman–Crippen LogP) is 2.82. The van der Waals surface area contributed by atoms with Crippen molar-refractivity contribution in [1.29, 1.82) is 0 Å². The number of carboxylic acids is 1. The minimum absolute atomic E-state index is 0.116. The number of carboxylic acid groups (broad SMARTS) is 1. The fraction of sp³-hybridized carbons (Fsp3) is 0.353. The number of aliphatic carboxylic acids is 1. The van der Waals surface area contributed by atoms with E-state index in [1.165, 1.54) is 0 Å². The van der Waals surface area contributed by atoms with E-state index in [0.29, 0.717) is 30.0 Å². The third-order valence-corrected chi connectivity index (χ3v) is 4.53. The van der Waals surface area contributed by atoms with E-state index in [0.717, 1.165) is 11.4 Å². The number of nitrogens with one attached hydrogen (secondary N) is 1. The lowest BCUT2D eigenvalue weighted by molar-refractivity contribution is -0.141. The van der Waals surface area contributed by atoms with Crippen molar-refractivity contribution in [3.05, 3.63) is 46.7 Å². The molecule has 1 aromatic carbocycles. The van der Waals surface area contributed by atoms with Gasteiger partial charge in [-0.1, -0.05) is 17.7 Å². The highest BCUT2D eigenvalue weighted by Crippen LogP contribution is 2.26. The Morgan fingerprint density at radius 1 is 1.33 bits per heavy atom. The minimum atomic E-state index is -0.798. The Morgan fingerprint density at radius 2 is 2.12 bits per heavy atom. The SMILES string of the molecule is Cc1cc(C(=O)N[C@H]2CC[C@@H](C(=O)O)C2)nn1-c1cccc(Cl)c1. The van der Waals surface area contributed by atoms with Crippen molar-refractivity contribution >= 4 is 23.5 Å². The summed E-state index contributed by atoms with van der Waals surface area (Å²) in [6.45, 7) is 1.86. The van der Waals surface area contributed by atoms with E-state index in [4.69, 9.17) is 16.7 Å². The van der Waals surface area contributed by atoms with Crippen molar-refractivity contribution in [3.63, 3.8) is 0 Å². The average molecular weight is 348 g/mol. The number of amides is 1. The summed E-state index contributed by atoms with van der Waals surface area (Å²) in [6, 6.07) is 8.83. The molecule has 24 heavy (non-hydrogen) atoms. The van der Waals surface area contributed by atoms with Gasteiger partial charge in [0.2, 0.25) is 0 Å². The lowest BCUT2D eigenvalue weighted by atomic mass is 10.1. The Morgan fingerprint density at radius 3 is 2.79 bits per heavy atom. The number of carbonyl (C=O) groups is 2. The quantitative estimate of drug-likeness (QED) is 0.890. The van der Waals surface area contributed by atoms with Crippen LogP contribution in [0.4, 0.5) is 0 Å². The molecular weight excluding hydrogens is 330 g/mol. The fourth-order valence-corrected chi connectivity index (χ4v) is 3.24. The van der Waals surface area contributed by atoms with Crippen LogP contribution in [0.5, 0.6) is 0 Å². The summed E-state index contributed by atoms with van der Waals surface area (Å²) in [5, 5.41) is 16.9. The smallest absolute Gasteiger partial charge is 0.306 e. The van der Waals surface area contributed by atoms with E-state index in [1.807, 2.05) is 19.1 Å². The molecule has 1 saturated carbocycles. The molecule has 2 N–H and O–H groups in total. The van der Waals surface area contributed by atoms with Crippen molar-refractivity contribution in [2.24, 2.45) is 5.92 Å². The molecule has 2 atom stereocenters. The first-order chi connectivity index (χ1) is 11.4. The zero-order chi connectivity index (χ0) is 17.3. The van der Waals surface area contributed by atoms with Gasteiger partial charge in [-0.3, -0.25) is 9.59 Å². The van der Waals surface area contributed by atoms with E-state index in [1.54, 1.807) is 22.9 Å². The van der Waals surface area contributed by atoms with Crippen LogP contribution in [-0.4, -0.2) is 32.8 Å². The van der Waals surface area contributed by atoms with Crippen LogP contribution in [0.15, 0.2) is 30.3 Å². The highest BCUT2D eigenvalue weighted by atomic mass is 35.5. The summed E-state index contributed by atoms with van der Waals surface area (Å²) in [6.07, 6.45) is 1.74. The van der Waals surface area contributed by atoms with Gasteiger partial charge in [-0.15, -0.1) is 0 Å². The summed E-state index contributed by atoms with van der Waals surface area (Å²) in [5.41, 5.74) is 1.91. The summed E-state index contributed by atoms with van der Waals surface area (Å²) < 4.78 is 1.66. The lowest BCUT2D eigenvalue weighted by Gasteiger charge is -2.11. The molecule has 1 heterocycles. The Hall–Kier alpha value is -2.34. The average Bonchev–Trinajstić information content (AvgIpc) is 3.14. The van der Waals surface area contributed by atoms with Gasteiger partial charge in [0.1, 0.15) is 0 Å². The van der Waals surface area contributed by atoms with Crippen LogP contribution in [0.25, 0.3) is 5.69 Å². The molecule has 6 nitrogen and oxygen atoms in total. The van der Waals surface area contributed by atoms with E-state index in [9.17, 15) is 9.59 Å². The van der Waals surface area contributed by atoms with Crippen molar-refractivity contribution in [1.82, 2.24) is 15.1 Å². The molecule has 1 fully saturated rings. The Labute approximate surface area is 144 Å². The Kier molecular flexibility index (Phi) is 4.57. The topological polar surface area (TPSA) is 84.2 Å². The predicted molar refractivity (Wildman–Crippen MR) is 89.5 cm³/mol. The third-order valence-electron chi connectivity index (χ3n) is 4.29. The molecule has 0 aliphatic heterocycles. The van der Waals surface area contributed by atoms with Crippen LogP contribution >= 0.6 is 11.6 Å². The fourth-order valence-electron chi connectivity index (χ4n) is 3.05. The van der Waals surface area contributed by atoms with Crippen LogP contribution in [0.2, 0.25) is 5.02 Å². The highest BCUT2D eigenvalue weighted by molar-refractivity contribution is 6.30. The van der Waals surface area contributed by atoms with Gasteiger partial charge < -0.3 is 10.4 Å². The number of carbonyl (C=O) groups excluding carboxylic acids is 1. The number of hydrogen-bond acceptors (Lipinski definition) is 3. The van der Waals surface area contributed by atoms with Crippen molar-refractivity contribution in [3.8, 4) is 5.69 Å². The number of halogens is 1. The van der Waals surface area contributed by atoms with E-state index < -0.39 is 5.97 Å². The Bertz CT molecular complexity index is 787. The number of hydrogen-bond donors (Lipinski definition) is 2. The van der Waals surface area contributed by atoms with Gasteiger partial charge in [-0.2, -0.15) is 5.10 Å². The van der Waals surface area contributed by atoms with Gasteiger partial charge >= 0.3 is 5.97 Å². The summed E-state index contributed by atoms with van der Waals surface area (Å²) in [7, 11) is 0. The third kappa shape index (κ3) is 3.43. The molecule has 1 aliphatic rings. The van der Waals surface area contributed by atoms with Crippen LogP contribution < -0.4 is 5.32 Å². The zero-order valence-electron chi connectivity index (χ0n) is 13.2. The number of rotatable bonds is 4. The molecule has 1 amide bonds. The maximum atomic E-state index is 12.4. The van der Waals surface area contributed by atoms with Gasteiger partial charge in [-0.05, 0) is 50.5 Å². The molecule has 0 radical (unpaired) electrons. The van der Waals surface area contributed by atoms with Crippen molar-refractivity contribution in [2.75, 3.05) is 0 Å². The standard InChI is InChI=1S/C17H18ClN3O3/c1-10-7-15(20-21(10)14-4-2-3-12(18)9-14)16(22)19-13-6-5-11(8-13)17(23)24/h2-4,7,9,11,13H,5-6,8H2,1H3,(H,19,22)(H,23,24)/t11-,13+/m1/s1. The second kappa shape index (κ2) is 6.65. The zero-order valence-corrected chi connectivity index (χ0v) is 14.0. The Balaban J connectivity index is 1.73. The van der Waals surface area contributed by atoms with Gasteiger partial charge in [0.25, 0.3) is 5.91 Å². The van der Waals surface area contributed by atoms with E-state index in [-0.39, 0.29) is 17.9 Å². The first kappa shape index (κ1) is 16.5. The lowest BCUT2D eigenvalue weighted by Crippen LogP contribution is -2.33. The molecule has 0 bridgehead atoms. The number of nitrogens with zero attached hydrogens (tertiary/aromatic N) is 2. The molecular formula is C17H18ClN3O3. The summed E-state index contributed by atoms with van der Waals surface area (Å²) >= 11 is 6.00. The molecule has 0 saturated heterocycles. The van der Waals surface area contributed by atoms with Gasteiger partial charge in [-0.25, -0.2) is 4.68 Å². The van der Waals surface area contributed by atoms with Gasteiger partial charge in [0.05, 0.1) is 11.6 Å². The molecule has 3 rings (SSSR count). The second-order valence-electron chi connectivity index (χ2n) is 6.08. The minimum Gasteiger partial charge on any atom is -0.481 e. The van der Waals surface area contributed by atoms with E-state index in [2.05, 4.69) is 10.4 Å². The molecule has 0 spiro atoms. The largest absolute Gasteiger partial charge is 0.481 e. The number of benzene rings is 1. The molecule has 126 valence electrons. The van der Waals surface area contributed by atoms with Crippen molar-refractivity contribution < 1.29 is 14.7 Å². The first-order valence-corrected chi connectivity index (χ1v) is 8.18.